The molecule has 0 saturated carbocycles. The van der Waals surface area contributed by atoms with Crippen molar-refractivity contribution in [3.8, 4) is 22.8 Å². The van der Waals surface area contributed by atoms with Crippen LogP contribution in [0.25, 0.3) is 11.3 Å². The highest BCUT2D eigenvalue weighted by molar-refractivity contribution is 5.89. The number of benzene rings is 1. The van der Waals surface area contributed by atoms with Gasteiger partial charge in [-0.05, 0) is 18.2 Å². The Balaban J connectivity index is 2.00. The third-order valence-corrected chi connectivity index (χ3v) is 3.39. The maximum Gasteiger partial charge on any atom is 0.333 e. The van der Waals surface area contributed by atoms with Gasteiger partial charge in [0.2, 0.25) is 5.95 Å². The second-order valence-corrected chi connectivity index (χ2v) is 4.95. The number of imidazole rings is 1. The average Bonchev–Trinajstić information content (AvgIpc) is 3.15. The zero-order valence-electron chi connectivity index (χ0n) is 13.5. The molecule has 3 aromatic rings. The topological polar surface area (TPSA) is 111 Å². The average molecular weight is 341 g/mol. The van der Waals surface area contributed by atoms with E-state index in [-0.39, 0.29) is 5.95 Å². The molecule has 9 heteroatoms. The molecular weight excluding hydrogens is 326 g/mol. The van der Waals surface area contributed by atoms with Gasteiger partial charge in [-0.3, -0.25) is 19.7 Å². The summed E-state index contributed by atoms with van der Waals surface area (Å²) in [6, 6.07) is 5.94. The third-order valence-electron chi connectivity index (χ3n) is 3.39. The predicted octanol–water partition coefficient (Wildman–Crippen LogP) is 1.73. The van der Waals surface area contributed by atoms with Crippen molar-refractivity contribution < 1.29 is 14.3 Å². The summed E-state index contributed by atoms with van der Waals surface area (Å²) >= 11 is 0. The minimum Gasteiger partial charge on any atom is -0.497 e. The number of ether oxygens (including phenoxy) is 2. The van der Waals surface area contributed by atoms with Gasteiger partial charge in [0, 0.05) is 24.0 Å². The van der Waals surface area contributed by atoms with E-state index in [9.17, 15) is 9.59 Å². The minimum atomic E-state index is -0.504. The van der Waals surface area contributed by atoms with Crippen molar-refractivity contribution in [2.45, 2.75) is 0 Å². The fourth-order valence-corrected chi connectivity index (χ4v) is 2.21. The van der Waals surface area contributed by atoms with Gasteiger partial charge in [-0.2, -0.15) is 0 Å². The van der Waals surface area contributed by atoms with Crippen molar-refractivity contribution in [2.75, 3.05) is 19.5 Å². The Morgan fingerprint density at radius 2 is 2.08 bits per heavy atom. The first-order chi connectivity index (χ1) is 12.1. The summed E-state index contributed by atoms with van der Waals surface area (Å²) in [4.78, 5) is 34.6. The Labute approximate surface area is 142 Å². The van der Waals surface area contributed by atoms with Crippen LogP contribution in [0.4, 0.5) is 10.7 Å². The highest BCUT2D eigenvalue weighted by Gasteiger charge is 2.13. The van der Waals surface area contributed by atoms with E-state index in [1.165, 1.54) is 43.6 Å². The normalized spacial score (nSPS) is 10.3. The monoisotopic (exact) mass is 341 g/mol. The highest BCUT2D eigenvalue weighted by Crippen LogP contribution is 2.31. The Bertz CT molecular complexity index is 949. The summed E-state index contributed by atoms with van der Waals surface area (Å²) in [5.74, 6) is 1.11. The summed E-state index contributed by atoms with van der Waals surface area (Å²) in [5, 5.41) is 2.51. The number of aromatic amines is 1. The first kappa shape index (κ1) is 16.2. The van der Waals surface area contributed by atoms with Crippen LogP contribution in [0.15, 0.2) is 47.8 Å². The number of anilines is 1. The van der Waals surface area contributed by atoms with Gasteiger partial charge >= 0.3 is 6.03 Å². The van der Waals surface area contributed by atoms with Crippen molar-refractivity contribution in [3.63, 3.8) is 0 Å². The molecule has 0 saturated heterocycles. The molecule has 0 bridgehead atoms. The number of nitrogens with zero attached hydrogens (tertiary/aromatic N) is 3. The number of H-pyrrole nitrogens is 1. The Morgan fingerprint density at radius 1 is 1.24 bits per heavy atom. The zero-order valence-corrected chi connectivity index (χ0v) is 13.5. The summed E-state index contributed by atoms with van der Waals surface area (Å²) in [6.07, 6.45) is 4.28. The summed E-state index contributed by atoms with van der Waals surface area (Å²) < 4.78 is 11.7. The SMILES string of the molecule is COc1ccc(OC)c(-c2cc(=O)[nH]c(NC(=O)n3ccnc3)n2)c1. The molecule has 0 spiro atoms. The van der Waals surface area contributed by atoms with Crippen LogP contribution in [0.3, 0.4) is 0 Å². The van der Waals surface area contributed by atoms with Gasteiger partial charge in [-0.25, -0.2) is 14.8 Å². The maximum atomic E-state index is 12.1. The molecule has 3 rings (SSSR count). The molecular formula is C16H15N5O4. The van der Waals surface area contributed by atoms with E-state index in [2.05, 4.69) is 20.3 Å². The van der Waals surface area contributed by atoms with E-state index in [1.54, 1.807) is 18.2 Å². The second kappa shape index (κ2) is 6.87. The molecule has 0 aliphatic heterocycles. The first-order valence-electron chi connectivity index (χ1n) is 7.24. The van der Waals surface area contributed by atoms with Gasteiger partial charge < -0.3 is 9.47 Å². The highest BCUT2D eigenvalue weighted by atomic mass is 16.5. The van der Waals surface area contributed by atoms with Crippen molar-refractivity contribution in [2.24, 2.45) is 0 Å². The van der Waals surface area contributed by atoms with Crippen LogP contribution in [-0.4, -0.2) is 39.8 Å². The largest absolute Gasteiger partial charge is 0.497 e. The van der Waals surface area contributed by atoms with E-state index in [4.69, 9.17) is 9.47 Å². The van der Waals surface area contributed by atoms with Crippen LogP contribution in [0.2, 0.25) is 0 Å². The summed E-state index contributed by atoms with van der Waals surface area (Å²) in [5.41, 5.74) is 0.474. The molecule has 0 aliphatic carbocycles. The summed E-state index contributed by atoms with van der Waals surface area (Å²) in [6.45, 7) is 0. The summed E-state index contributed by atoms with van der Waals surface area (Å²) in [7, 11) is 3.05. The molecule has 1 amide bonds. The Hall–Kier alpha value is -3.62. The number of hydrogen-bond acceptors (Lipinski definition) is 6. The van der Waals surface area contributed by atoms with E-state index >= 15 is 0 Å². The lowest BCUT2D eigenvalue weighted by atomic mass is 10.1. The fourth-order valence-electron chi connectivity index (χ4n) is 2.21. The Morgan fingerprint density at radius 3 is 2.76 bits per heavy atom. The lowest BCUT2D eigenvalue weighted by Crippen LogP contribution is -2.22. The molecule has 0 fully saturated rings. The smallest absolute Gasteiger partial charge is 0.333 e. The van der Waals surface area contributed by atoms with Gasteiger partial charge in [-0.1, -0.05) is 0 Å². The number of aromatic nitrogens is 4. The van der Waals surface area contributed by atoms with E-state index in [0.717, 1.165) is 0 Å². The number of amides is 1. The predicted molar refractivity (Wildman–Crippen MR) is 90.0 cm³/mol. The van der Waals surface area contributed by atoms with Crippen LogP contribution < -0.4 is 20.3 Å². The van der Waals surface area contributed by atoms with E-state index in [0.29, 0.717) is 22.8 Å². The number of carbonyl (C=O) groups excluding carboxylic acids is 1. The first-order valence-corrected chi connectivity index (χ1v) is 7.24. The molecule has 2 aromatic heterocycles. The van der Waals surface area contributed by atoms with Crippen LogP contribution in [0.1, 0.15) is 0 Å². The van der Waals surface area contributed by atoms with E-state index in [1.807, 2.05) is 0 Å². The molecule has 0 radical (unpaired) electrons. The standard InChI is InChI=1S/C16H15N5O4/c1-24-10-3-4-13(25-2)11(7-10)12-8-14(22)19-15(18-12)20-16(23)21-6-5-17-9-21/h3-9H,1-2H3,(H2,18,19,20,22,23). The molecule has 2 heterocycles. The minimum absolute atomic E-state index is 0.00562. The second-order valence-electron chi connectivity index (χ2n) is 4.95. The quantitative estimate of drug-likeness (QED) is 0.747. The van der Waals surface area contributed by atoms with Crippen LogP contribution in [0.5, 0.6) is 11.5 Å². The van der Waals surface area contributed by atoms with Gasteiger partial charge in [0.15, 0.2) is 0 Å². The van der Waals surface area contributed by atoms with Crippen LogP contribution >= 0.6 is 0 Å². The van der Waals surface area contributed by atoms with E-state index < -0.39 is 11.6 Å². The van der Waals surface area contributed by atoms with Crippen molar-refractivity contribution in [1.29, 1.82) is 0 Å². The number of rotatable bonds is 4. The number of carbonyl (C=O) groups is 1. The van der Waals surface area contributed by atoms with Gasteiger partial charge in [-0.15, -0.1) is 0 Å². The number of nitrogens with one attached hydrogen (secondary N) is 2. The molecule has 128 valence electrons. The van der Waals surface area contributed by atoms with Gasteiger partial charge in [0.1, 0.15) is 17.8 Å². The molecule has 1 aromatic carbocycles. The number of methoxy groups -OCH3 is 2. The maximum absolute atomic E-state index is 12.1. The van der Waals surface area contributed by atoms with Crippen molar-refractivity contribution >= 4 is 12.0 Å². The van der Waals surface area contributed by atoms with Crippen molar-refractivity contribution in [3.05, 3.63) is 53.3 Å². The Kier molecular flexibility index (Phi) is 4.46. The van der Waals surface area contributed by atoms with Gasteiger partial charge in [0.25, 0.3) is 5.56 Å². The molecule has 0 atom stereocenters. The molecule has 0 unspecified atom stereocenters. The fraction of sp³-hybridized carbons (Fsp3) is 0.125. The number of hydrogen-bond donors (Lipinski definition) is 2. The zero-order chi connectivity index (χ0) is 17.8. The lowest BCUT2D eigenvalue weighted by Gasteiger charge is -2.11. The lowest BCUT2D eigenvalue weighted by molar-refractivity contribution is 0.253. The molecule has 25 heavy (non-hydrogen) atoms. The van der Waals surface area contributed by atoms with Crippen LogP contribution in [-0.2, 0) is 0 Å². The molecule has 2 N–H and O–H groups in total. The van der Waals surface area contributed by atoms with Crippen LogP contribution in [0, 0.1) is 0 Å². The van der Waals surface area contributed by atoms with Gasteiger partial charge in [0.05, 0.1) is 19.9 Å². The third kappa shape index (κ3) is 3.50. The van der Waals surface area contributed by atoms with Crippen molar-refractivity contribution in [1.82, 2.24) is 19.5 Å². The molecule has 0 aliphatic rings. The molecule has 9 nitrogen and oxygen atoms in total.